The number of rotatable bonds is 6. The van der Waals surface area contributed by atoms with Gasteiger partial charge in [0.25, 0.3) is 0 Å². The smallest absolute Gasteiger partial charge is 0.164 e. The van der Waals surface area contributed by atoms with Crippen molar-refractivity contribution in [2.24, 2.45) is 0 Å². The van der Waals surface area contributed by atoms with Crippen LogP contribution in [0.15, 0.2) is 200 Å². The molecule has 0 bridgehead atoms. The zero-order chi connectivity index (χ0) is 35.8. The molecule has 0 N–H and O–H groups in total. The molecular formula is C51H33N3. The van der Waals surface area contributed by atoms with Gasteiger partial charge in [0.1, 0.15) is 0 Å². The first-order chi connectivity index (χ1) is 26.7. The van der Waals surface area contributed by atoms with Gasteiger partial charge in [-0.05, 0) is 90.0 Å². The largest absolute Gasteiger partial charge is 0.208 e. The fourth-order valence-corrected chi connectivity index (χ4v) is 7.53. The van der Waals surface area contributed by atoms with E-state index in [2.05, 4.69) is 188 Å². The lowest BCUT2D eigenvalue weighted by Crippen LogP contribution is -2.01. The van der Waals surface area contributed by atoms with Gasteiger partial charge in [0.2, 0.25) is 0 Å². The number of hydrogen-bond acceptors (Lipinski definition) is 3. The molecule has 0 amide bonds. The molecule has 54 heavy (non-hydrogen) atoms. The topological polar surface area (TPSA) is 38.7 Å². The van der Waals surface area contributed by atoms with Gasteiger partial charge in [0.15, 0.2) is 17.5 Å². The Morgan fingerprint density at radius 1 is 0.222 bits per heavy atom. The minimum absolute atomic E-state index is 0.634. The maximum atomic E-state index is 5.22. The Kier molecular flexibility index (Phi) is 7.81. The van der Waals surface area contributed by atoms with Gasteiger partial charge in [0.05, 0.1) is 0 Å². The Hall–Kier alpha value is -7.23. The number of benzene rings is 9. The molecule has 9 aromatic carbocycles. The molecule has 3 nitrogen and oxygen atoms in total. The maximum absolute atomic E-state index is 5.22. The first-order valence-corrected chi connectivity index (χ1v) is 18.3. The Morgan fingerprint density at radius 3 is 1.37 bits per heavy atom. The molecular weight excluding hydrogens is 655 g/mol. The van der Waals surface area contributed by atoms with Crippen LogP contribution in [0.2, 0.25) is 0 Å². The van der Waals surface area contributed by atoms with Crippen molar-refractivity contribution in [3.05, 3.63) is 200 Å². The van der Waals surface area contributed by atoms with Crippen LogP contribution in [0.25, 0.3) is 99.9 Å². The summed E-state index contributed by atoms with van der Waals surface area (Å²) in [5.74, 6) is 1.91. The Labute approximate surface area is 313 Å². The highest BCUT2D eigenvalue weighted by Crippen LogP contribution is 2.37. The summed E-state index contributed by atoms with van der Waals surface area (Å²) in [5, 5.41) is 7.00. The van der Waals surface area contributed by atoms with E-state index in [4.69, 9.17) is 15.0 Å². The molecule has 10 rings (SSSR count). The number of fused-ring (bicyclic) bond motifs is 3. The van der Waals surface area contributed by atoms with Crippen molar-refractivity contribution in [3.63, 3.8) is 0 Å². The molecule has 0 fully saturated rings. The number of aromatic nitrogens is 3. The van der Waals surface area contributed by atoms with Crippen LogP contribution in [-0.4, -0.2) is 15.0 Å². The molecule has 0 aliphatic carbocycles. The van der Waals surface area contributed by atoms with Crippen molar-refractivity contribution >= 4 is 32.3 Å². The zero-order valence-corrected chi connectivity index (χ0v) is 29.4. The monoisotopic (exact) mass is 687 g/mol. The quantitative estimate of drug-likeness (QED) is 0.175. The van der Waals surface area contributed by atoms with Crippen molar-refractivity contribution in [1.29, 1.82) is 0 Å². The van der Waals surface area contributed by atoms with Crippen LogP contribution < -0.4 is 0 Å². The first kappa shape index (κ1) is 31.5. The minimum atomic E-state index is 0.634. The molecule has 1 aromatic heterocycles. The van der Waals surface area contributed by atoms with E-state index in [9.17, 15) is 0 Å². The maximum Gasteiger partial charge on any atom is 0.164 e. The predicted molar refractivity (Wildman–Crippen MR) is 225 cm³/mol. The average Bonchev–Trinajstić information content (AvgIpc) is 3.26. The second-order valence-corrected chi connectivity index (χ2v) is 13.7. The van der Waals surface area contributed by atoms with E-state index < -0.39 is 0 Å². The molecule has 0 saturated heterocycles. The molecule has 0 radical (unpaired) electrons. The summed E-state index contributed by atoms with van der Waals surface area (Å²) in [6, 6.07) is 70.6. The third kappa shape index (κ3) is 5.88. The Balaban J connectivity index is 1.14. The molecule has 1 heterocycles. The van der Waals surface area contributed by atoms with Gasteiger partial charge in [-0.1, -0.05) is 176 Å². The highest BCUT2D eigenvalue weighted by Gasteiger charge is 2.17. The highest BCUT2D eigenvalue weighted by atomic mass is 15.0. The lowest BCUT2D eigenvalue weighted by Gasteiger charge is -2.13. The van der Waals surface area contributed by atoms with Gasteiger partial charge in [-0.3, -0.25) is 0 Å². The normalized spacial score (nSPS) is 11.3. The van der Waals surface area contributed by atoms with Gasteiger partial charge < -0.3 is 0 Å². The van der Waals surface area contributed by atoms with Crippen LogP contribution in [0.1, 0.15) is 0 Å². The molecule has 0 spiro atoms. The summed E-state index contributed by atoms with van der Waals surface area (Å²) < 4.78 is 0. The van der Waals surface area contributed by atoms with Crippen LogP contribution >= 0.6 is 0 Å². The molecule has 10 aromatic rings. The summed E-state index contributed by atoms with van der Waals surface area (Å²) >= 11 is 0. The zero-order valence-electron chi connectivity index (χ0n) is 29.4. The lowest BCUT2D eigenvalue weighted by atomic mass is 9.94. The van der Waals surface area contributed by atoms with Gasteiger partial charge >= 0.3 is 0 Å². The van der Waals surface area contributed by atoms with Crippen molar-refractivity contribution < 1.29 is 0 Å². The summed E-state index contributed by atoms with van der Waals surface area (Å²) in [5.41, 5.74) is 9.85. The summed E-state index contributed by atoms with van der Waals surface area (Å²) in [4.78, 5) is 15.6. The standard InChI is InChI=1S/C51H33N3/c1-3-12-34(13-4-1)38-18-9-19-43(32-38)49-52-50(44-29-27-40-30-39(25-26-41(40)33-44)35-14-5-2-6-15-35)54-51(53-49)48-23-11-21-46-45(20-10-22-47(46)48)42-28-24-36-16-7-8-17-37(36)31-42/h1-33H. The molecule has 0 unspecified atom stereocenters. The number of hydrogen-bond donors (Lipinski definition) is 0. The molecule has 3 heteroatoms. The summed E-state index contributed by atoms with van der Waals surface area (Å²) in [6.45, 7) is 0. The lowest BCUT2D eigenvalue weighted by molar-refractivity contribution is 1.08. The molecule has 0 aliphatic rings. The number of nitrogens with zero attached hydrogens (tertiary/aromatic N) is 3. The average molecular weight is 688 g/mol. The van der Waals surface area contributed by atoms with Gasteiger partial charge in [0, 0.05) is 16.7 Å². The van der Waals surface area contributed by atoms with E-state index in [0.29, 0.717) is 17.5 Å². The van der Waals surface area contributed by atoms with Crippen molar-refractivity contribution in [2.75, 3.05) is 0 Å². The van der Waals surface area contributed by atoms with E-state index in [-0.39, 0.29) is 0 Å². The SMILES string of the molecule is c1ccc(-c2cccc(-c3nc(-c4ccc5cc(-c6ccccc6)ccc5c4)nc(-c4cccc5c(-c6ccc7ccccc7c6)cccc45)n3)c2)cc1. The molecule has 252 valence electrons. The van der Waals surface area contributed by atoms with Crippen LogP contribution in [0.5, 0.6) is 0 Å². The fourth-order valence-electron chi connectivity index (χ4n) is 7.53. The van der Waals surface area contributed by atoms with Gasteiger partial charge in [-0.25, -0.2) is 15.0 Å². The third-order valence-corrected chi connectivity index (χ3v) is 10.3. The van der Waals surface area contributed by atoms with Crippen LogP contribution in [0.4, 0.5) is 0 Å². The Morgan fingerprint density at radius 2 is 0.648 bits per heavy atom. The van der Waals surface area contributed by atoms with Gasteiger partial charge in [-0.2, -0.15) is 0 Å². The third-order valence-electron chi connectivity index (χ3n) is 10.3. The molecule has 0 saturated carbocycles. The van der Waals surface area contributed by atoms with Crippen molar-refractivity contribution in [2.45, 2.75) is 0 Å². The van der Waals surface area contributed by atoms with E-state index >= 15 is 0 Å². The summed E-state index contributed by atoms with van der Waals surface area (Å²) in [6.07, 6.45) is 0. The molecule has 0 aliphatic heterocycles. The Bertz CT molecular complexity index is 2990. The van der Waals surface area contributed by atoms with Crippen LogP contribution in [0, 0.1) is 0 Å². The van der Waals surface area contributed by atoms with E-state index in [1.165, 1.54) is 38.4 Å². The highest BCUT2D eigenvalue weighted by molar-refractivity contribution is 6.05. The first-order valence-electron chi connectivity index (χ1n) is 18.3. The second kappa shape index (κ2) is 13.4. The predicted octanol–water partition coefficient (Wildman–Crippen LogP) is 13.3. The van der Waals surface area contributed by atoms with Crippen LogP contribution in [0.3, 0.4) is 0 Å². The fraction of sp³-hybridized carbons (Fsp3) is 0. The second-order valence-electron chi connectivity index (χ2n) is 13.7. The van der Waals surface area contributed by atoms with E-state index in [0.717, 1.165) is 44.0 Å². The van der Waals surface area contributed by atoms with Crippen molar-refractivity contribution in [1.82, 2.24) is 15.0 Å². The molecule has 0 atom stereocenters. The minimum Gasteiger partial charge on any atom is -0.208 e. The summed E-state index contributed by atoms with van der Waals surface area (Å²) in [7, 11) is 0. The van der Waals surface area contributed by atoms with Crippen molar-refractivity contribution in [3.8, 4) is 67.5 Å². The van der Waals surface area contributed by atoms with E-state index in [1.54, 1.807) is 0 Å². The van der Waals surface area contributed by atoms with E-state index in [1.807, 2.05) is 12.1 Å². The van der Waals surface area contributed by atoms with Crippen LogP contribution in [-0.2, 0) is 0 Å². The van der Waals surface area contributed by atoms with Gasteiger partial charge in [-0.15, -0.1) is 0 Å².